The quantitative estimate of drug-likeness (QED) is 0.711. The van der Waals surface area contributed by atoms with Crippen LogP contribution in [0.1, 0.15) is 0 Å². The fraction of sp³-hybridized carbons (Fsp3) is 0.0714. The number of anilines is 2. The monoisotopic (exact) mass is 363 g/mol. The van der Waals surface area contributed by atoms with Crippen LogP contribution in [0.2, 0.25) is 0 Å². The molecule has 0 aliphatic heterocycles. The Morgan fingerprint density at radius 2 is 1.52 bits per heavy atom. The molecule has 0 saturated heterocycles. The van der Waals surface area contributed by atoms with Crippen LogP contribution in [0.5, 0.6) is 0 Å². The third-order valence-corrected chi connectivity index (χ3v) is 2.29. The fourth-order valence-electron chi connectivity index (χ4n) is 1.34. The molecule has 0 fully saturated rings. The highest BCUT2D eigenvalue weighted by molar-refractivity contribution is 5.99. The number of urea groups is 1. The Labute approximate surface area is 137 Å². The molecule has 1 aromatic heterocycles. The first-order valence-corrected chi connectivity index (χ1v) is 6.32. The molecule has 11 heteroatoms. The number of alkyl halides is 3. The lowest BCUT2D eigenvalue weighted by molar-refractivity contribution is -0.192. The number of carboxylic acid groups (broad SMARTS) is 1. The van der Waals surface area contributed by atoms with Gasteiger partial charge in [0.25, 0.3) is 0 Å². The molecule has 0 aliphatic rings. The summed E-state index contributed by atoms with van der Waals surface area (Å²) in [6, 6.07) is 5.95. The van der Waals surface area contributed by atoms with Crippen molar-refractivity contribution in [3.05, 3.63) is 54.4 Å². The number of hydrogen-bond donors (Lipinski definition) is 3. The SMILES string of the molecule is O=C(Nc1cccc(F)c1)Nc1cncc(F)c1.O=C(O)C(F)(F)F. The number of aromatic nitrogens is 1. The van der Waals surface area contributed by atoms with Crippen LogP contribution in [0.4, 0.5) is 38.1 Å². The first kappa shape index (κ1) is 19.8. The average Bonchev–Trinajstić information content (AvgIpc) is 2.46. The number of halogens is 5. The number of carboxylic acids is 1. The van der Waals surface area contributed by atoms with Gasteiger partial charge in [-0.1, -0.05) is 6.07 Å². The predicted molar refractivity (Wildman–Crippen MR) is 76.9 cm³/mol. The Morgan fingerprint density at radius 1 is 0.960 bits per heavy atom. The van der Waals surface area contributed by atoms with Crippen LogP contribution in [0.25, 0.3) is 0 Å². The molecular weight excluding hydrogens is 353 g/mol. The topological polar surface area (TPSA) is 91.3 Å². The van der Waals surface area contributed by atoms with Crippen molar-refractivity contribution < 1.29 is 36.6 Å². The highest BCUT2D eigenvalue weighted by Gasteiger charge is 2.38. The number of nitrogens with zero attached hydrogens (tertiary/aromatic N) is 1. The molecule has 0 atom stereocenters. The molecule has 1 aromatic carbocycles. The maximum absolute atomic E-state index is 12.9. The molecule has 0 unspecified atom stereocenters. The Hall–Kier alpha value is -3.24. The van der Waals surface area contributed by atoms with Crippen molar-refractivity contribution >= 4 is 23.4 Å². The lowest BCUT2D eigenvalue weighted by atomic mass is 10.3. The van der Waals surface area contributed by atoms with E-state index in [1.807, 2.05) is 0 Å². The van der Waals surface area contributed by atoms with E-state index in [1.54, 1.807) is 0 Å². The van der Waals surface area contributed by atoms with Gasteiger partial charge in [-0.05, 0) is 18.2 Å². The van der Waals surface area contributed by atoms with Crippen molar-refractivity contribution in [3.63, 3.8) is 0 Å². The Bertz CT molecular complexity index is 703. The lowest BCUT2D eigenvalue weighted by Gasteiger charge is -2.07. The summed E-state index contributed by atoms with van der Waals surface area (Å²) < 4.78 is 57.4. The minimum absolute atomic E-state index is 0.212. The van der Waals surface area contributed by atoms with Gasteiger partial charge in [-0.2, -0.15) is 13.2 Å². The van der Waals surface area contributed by atoms with Crippen LogP contribution in [0.3, 0.4) is 0 Å². The van der Waals surface area contributed by atoms with Crippen molar-refractivity contribution in [1.29, 1.82) is 0 Å². The molecule has 3 N–H and O–H groups in total. The maximum atomic E-state index is 12.9. The first-order chi connectivity index (χ1) is 11.6. The van der Waals surface area contributed by atoms with Crippen LogP contribution in [0, 0.1) is 11.6 Å². The van der Waals surface area contributed by atoms with Gasteiger partial charge in [0, 0.05) is 11.8 Å². The Balaban J connectivity index is 0.000000381. The summed E-state index contributed by atoms with van der Waals surface area (Å²) in [5, 5.41) is 11.9. The molecule has 2 rings (SSSR count). The summed E-state index contributed by atoms with van der Waals surface area (Å²) in [4.78, 5) is 24.0. The summed E-state index contributed by atoms with van der Waals surface area (Å²) in [5.74, 6) is -3.77. The molecule has 0 spiro atoms. The third kappa shape index (κ3) is 7.72. The smallest absolute Gasteiger partial charge is 0.475 e. The number of benzene rings is 1. The van der Waals surface area contributed by atoms with Crippen molar-refractivity contribution in [2.24, 2.45) is 0 Å². The van der Waals surface area contributed by atoms with Crippen LogP contribution in [-0.2, 0) is 4.79 Å². The number of rotatable bonds is 2. The van der Waals surface area contributed by atoms with Crippen molar-refractivity contribution in [3.8, 4) is 0 Å². The molecule has 0 aliphatic carbocycles. The number of hydrogen-bond acceptors (Lipinski definition) is 3. The average molecular weight is 363 g/mol. The Morgan fingerprint density at radius 3 is 2.04 bits per heavy atom. The second-order valence-electron chi connectivity index (χ2n) is 4.28. The van der Waals surface area contributed by atoms with Gasteiger partial charge in [0.2, 0.25) is 0 Å². The Kier molecular flexibility index (Phi) is 6.79. The van der Waals surface area contributed by atoms with Gasteiger partial charge in [-0.25, -0.2) is 18.4 Å². The zero-order valence-corrected chi connectivity index (χ0v) is 12.1. The zero-order chi connectivity index (χ0) is 19.0. The van der Waals surface area contributed by atoms with Crippen molar-refractivity contribution in [2.75, 3.05) is 10.6 Å². The minimum Gasteiger partial charge on any atom is -0.475 e. The van der Waals surface area contributed by atoms with E-state index in [4.69, 9.17) is 9.90 Å². The molecule has 6 nitrogen and oxygen atoms in total. The normalized spacial score (nSPS) is 10.3. The van der Waals surface area contributed by atoms with E-state index in [-0.39, 0.29) is 5.69 Å². The van der Waals surface area contributed by atoms with Gasteiger partial charge >= 0.3 is 18.2 Å². The van der Waals surface area contributed by atoms with Gasteiger partial charge in [0.1, 0.15) is 11.6 Å². The third-order valence-electron chi connectivity index (χ3n) is 2.29. The van der Waals surface area contributed by atoms with Gasteiger partial charge in [-0.3, -0.25) is 4.98 Å². The van der Waals surface area contributed by atoms with Crippen molar-refractivity contribution in [1.82, 2.24) is 4.98 Å². The highest BCUT2D eigenvalue weighted by Crippen LogP contribution is 2.13. The summed E-state index contributed by atoms with van der Waals surface area (Å²) in [5.41, 5.74) is 0.515. The molecule has 25 heavy (non-hydrogen) atoms. The predicted octanol–water partition coefficient (Wildman–Crippen LogP) is 3.64. The highest BCUT2D eigenvalue weighted by atomic mass is 19.4. The number of pyridine rings is 1. The lowest BCUT2D eigenvalue weighted by Crippen LogP contribution is -2.21. The summed E-state index contributed by atoms with van der Waals surface area (Å²) in [6.45, 7) is 0. The molecule has 1 heterocycles. The molecule has 0 saturated carbocycles. The second-order valence-corrected chi connectivity index (χ2v) is 4.28. The van der Waals surface area contributed by atoms with Crippen LogP contribution < -0.4 is 10.6 Å². The molecule has 0 radical (unpaired) electrons. The molecule has 2 amide bonds. The van der Waals surface area contributed by atoms with E-state index >= 15 is 0 Å². The number of nitrogens with one attached hydrogen (secondary N) is 2. The molecule has 0 bridgehead atoms. The summed E-state index contributed by atoms with van der Waals surface area (Å²) in [6.07, 6.45) is -2.76. The van der Waals surface area contributed by atoms with E-state index in [9.17, 15) is 26.7 Å². The summed E-state index contributed by atoms with van der Waals surface area (Å²) in [7, 11) is 0. The second kappa shape index (κ2) is 8.57. The van der Waals surface area contributed by atoms with Crippen LogP contribution in [0.15, 0.2) is 42.7 Å². The van der Waals surface area contributed by atoms with Gasteiger partial charge < -0.3 is 15.7 Å². The number of carbonyl (C=O) groups excluding carboxylic acids is 1. The van der Waals surface area contributed by atoms with Crippen LogP contribution >= 0.6 is 0 Å². The van der Waals surface area contributed by atoms with E-state index in [2.05, 4.69) is 15.6 Å². The molecule has 2 aromatic rings. The molecular formula is C14H10F5N3O3. The van der Waals surface area contributed by atoms with Crippen molar-refractivity contribution in [2.45, 2.75) is 6.18 Å². The van der Waals surface area contributed by atoms with E-state index in [1.165, 1.54) is 30.5 Å². The van der Waals surface area contributed by atoms with E-state index in [0.29, 0.717) is 5.69 Å². The van der Waals surface area contributed by atoms with E-state index in [0.717, 1.165) is 12.3 Å². The van der Waals surface area contributed by atoms with Gasteiger partial charge in [0.15, 0.2) is 0 Å². The largest absolute Gasteiger partial charge is 0.490 e. The first-order valence-electron chi connectivity index (χ1n) is 6.32. The van der Waals surface area contributed by atoms with E-state index < -0.39 is 29.8 Å². The fourth-order valence-corrected chi connectivity index (χ4v) is 1.34. The number of carbonyl (C=O) groups is 2. The zero-order valence-electron chi connectivity index (χ0n) is 12.1. The van der Waals surface area contributed by atoms with Gasteiger partial charge in [-0.15, -0.1) is 0 Å². The van der Waals surface area contributed by atoms with Gasteiger partial charge in [0.05, 0.1) is 18.1 Å². The minimum atomic E-state index is -5.08. The number of aliphatic carboxylic acids is 1. The van der Waals surface area contributed by atoms with Crippen LogP contribution in [-0.4, -0.2) is 28.3 Å². The summed E-state index contributed by atoms with van der Waals surface area (Å²) >= 11 is 0. The number of amides is 2. The molecule has 134 valence electrons. The standard InChI is InChI=1S/C12H9F2N3O.C2HF3O2/c13-8-2-1-3-10(4-8)16-12(18)17-11-5-9(14)6-15-7-11;3-2(4,5)1(6)7/h1-7H,(H2,16,17,18);(H,6,7). The maximum Gasteiger partial charge on any atom is 0.490 e.